The fourth-order valence-electron chi connectivity index (χ4n) is 2.58. The predicted molar refractivity (Wildman–Crippen MR) is 106 cm³/mol. The minimum Gasteiger partial charge on any atom is -0.496 e. The van der Waals surface area contributed by atoms with Gasteiger partial charge in [-0.3, -0.25) is 0 Å². The molecule has 0 amide bonds. The van der Waals surface area contributed by atoms with Crippen molar-refractivity contribution < 1.29 is 13.5 Å². The minimum atomic E-state index is -0.639. The zero-order valence-corrected chi connectivity index (χ0v) is 16.2. The SMILES string of the molecule is COc1cc(F)ccc1-c1nc(Nc2cc(Cl)cc(CSC)c2)ncc1F. The van der Waals surface area contributed by atoms with Crippen molar-refractivity contribution in [2.24, 2.45) is 0 Å². The molecule has 140 valence electrons. The lowest BCUT2D eigenvalue weighted by Gasteiger charge is -2.11. The van der Waals surface area contributed by atoms with Gasteiger partial charge >= 0.3 is 0 Å². The van der Waals surface area contributed by atoms with Crippen molar-refractivity contribution in [3.63, 3.8) is 0 Å². The molecule has 0 aliphatic rings. The van der Waals surface area contributed by atoms with Crippen LogP contribution >= 0.6 is 23.4 Å². The fourth-order valence-corrected chi connectivity index (χ4v) is 3.34. The number of benzene rings is 2. The van der Waals surface area contributed by atoms with Gasteiger partial charge in [0.25, 0.3) is 0 Å². The molecule has 0 aliphatic heterocycles. The van der Waals surface area contributed by atoms with E-state index in [0.29, 0.717) is 16.3 Å². The molecule has 0 saturated heterocycles. The van der Waals surface area contributed by atoms with Crippen molar-refractivity contribution in [3.05, 3.63) is 64.8 Å². The van der Waals surface area contributed by atoms with Gasteiger partial charge < -0.3 is 10.1 Å². The monoisotopic (exact) mass is 407 g/mol. The lowest BCUT2D eigenvalue weighted by atomic mass is 10.1. The number of anilines is 2. The number of nitrogens with zero attached hydrogens (tertiary/aromatic N) is 2. The van der Waals surface area contributed by atoms with E-state index in [2.05, 4.69) is 15.3 Å². The van der Waals surface area contributed by atoms with Crippen LogP contribution in [0.15, 0.2) is 42.6 Å². The van der Waals surface area contributed by atoms with Gasteiger partial charge in [0, 0.05) is 28.1 Å². The van der Waals surface area contributed by atoms with Gasteiger partial charge in [0.15, 0.2) is 5.82 Å². The van der Waals surface area contributed by atoms with Crippen LogP contribution in [0, 0.1) is 11.6 Å². The van der Waals surface area contributed by atoms with Gasteiger partial charge in [0.1, 0.15) is 17.3 Å². The molecule has 0 fully saturated rings. The molecular formula is C19H16ClF2N3OS. The largest absolute Gasteiger partial charge is 0.496 e. The smallest absolute Gasteiger partial charge is 0.227 e. The number of hydrogen-bond acceptors (Lipinski definition) is 5. The Morgan fingerprint density at radius 3 is 2.74 bits per heavy atom. The van der Waals surface area contributed by atoms with Gasteiger partial charge in [-0.05, 0) is 42.2 Å². The Hall–Kier alpha value is -2.38. The molecule has 0 atom stereocenters. The third-order valence-corrected chi connectivity index (χ3v) is 4.53. The van der Waals surface area contributed by atoms with Crippen molar-refractivity contribution in [2.45, 2.75) is 5.75 Å². The van der Waals surface area contributed by atoms with E-state index in [1.54, 1.807) is 17.8 Å². The molecule has 1 aromatic heterocycles. The molecule has 0 saturated carbocycles. The van der Waals surface area contributed by atoms with Gasteiger partial charge in [-0.15, -0.1) is 0 Å². The molecule has 1 heterocycles. The highest BCUT2D eigenvalue weighted by Gasteiger charge is 2.15. The highest BCUT2D eigenvalue weighted by molar-refractivity contribution is 7.97. The first-order chi connectivity index (χ1) is 13.0. The van der Waals surface area contributed by atoms with Crippen molar-refractivity contribution in [3.8, 4) is 17.0 Å². The van der Waals surface area contributed by atoms with Gasteiger partial charge in [0.2, 0.25) is 5.95 Å². The van der Waals surface area contributed by atoms with Crippen LogP contribution in [0.25, 0.3) is 11.3 Å². The average molecular weight is 408 g/mol. The minimum absolute atomic E-state index is 0.00992. The third-order valence-electron chi connectivity index (χ3n) is 3.69. The van der Waals surface area contributed by atoms with Crippen LogP contribution in [0.1, 0.15) is 5.56 Å². The van der Waals surface area contributed by atoms with E-state index in [-0.39, 0.29) is 17.4 Å². The number of methoxy groups -OCH3 is 1. The topological polar surface area (TPSA) is 47.0 Å². The van der Waals surface area contributed by atoms with Gasteiger partial charge in [-0.1, -0.05) is 11.6 Å². The quantitative estimate of drug-likeness (QED) is 0.568. The number of ether oxygens (including phenoxy) is 1. The number of nitrogens with one attached hydrogen (secondary N) is 1. The highest BCUT2D eigenvalue weighted by atomic mass is 35.5. The van der Waals surface area contributed by atoms with Gasteiger partial charge in [-0.2, -0.15) is 11.8 Å². The number of thioether (sulfide) groups is 1. The molecule has 0 spiro atoms. The molecule has 0 radical (unpaired) electrons. The molecule has 0 aliphatic carbocycles. The Morgan fingerprint density at radius 1 is 1.19 bits per heavy atom. The summed E-state index contributed by atoms with van der Waals surface area (Å²) in [5, 5.41) is 3.61. The first kappa shape index (κ1) is 19.4. The van der Waals surface area contributed by atoms with Gasteiger partial charge in [0.05, 0.1) is 13.3 Å². The fraction of sp³-hybridized carbons (Fsp3) is 0.158. The molecular weight excluding hydrogens is 392 g/mol. The second-order valence-electron chi connectivity index (χ2n) is 5.64. The lowest BCUT2D eigenvalue weighted by molar-refractivity contribution is 0.412. The van der Waals surface area contributed by atoms with E-state index >= 15 is 0 Å². The summed E-state index contributed by atoms with van der Waals surface area (Å²) in [4.78, 5) is 8.21. The summed E-state index contributed by atoms with van der Waals surface area (Å²) in [6.07, 6.45) is 3.06. The Kier molecular flexibility index (Phi) is 6.13. The lowest BCUT2D eigenvalue weighted by Crippen LogP contribution is -2.02. The summed E-state index contributed by atoms with van der Waals surface area (Å²) in [6, 6.07) is 9.35. The van der Waals surface area contributed by atoms with E-state index in [9.17, 15) is 8.78 Å². The molecule has 27 heavy (non-hydrogen) atoms. The Bertz CT molecular complexity index is 972. The maximum atomic E-state index is 14.3. The molecule has 0 unspecified atom stereocenters. The maximum absolute atomic E-state index is 14.3. The Labute approximate surface area is 165 Å². The molecule has 8 heteroatoms. The van der Waals surface area contributed by atoms with Crippen molar-refractivity contribution in [1.82, 2.24) is 9.97 Å². The number of aromatic nitrogens is 2. The highest BCUT2D eigenvalue weighted by Crippen LogP contribution is 2.32. The summed E-state index contributed by atoms with van der Waals surface area (Å²) >= 11 is 7.83. The number of halogens is 3. The second kappa shape index (κ2) is 8.54. The van der Waals surface area contributed by atoms with Crippen molar-refractivity contribution in [1.29, 1.82) is 0 Å². The van der Waals surface area contributed by atoms with E-state index in [1.807, 2.05) is 18.4 Å². The predicted octanol–water partition coefficient (Wildman–Crippen LogP) is 5.69. The molecule has 2 aromatic carbocycles. The van der Waals surface area contributed by atoms with E-state index in [1.165, 1.54) is 25.3 Å². The standard InChI is InChI=1S/C19H16ClF2N3OS/c1-26-17-8-13(21)3-4-15(17)18-16(22)9-23-19(25-18)24-14-6-11(10-27-2)5-12(20)7-14/h3-9H,10H2,1-2H3,(H,23,24,25). The zero-order valence-electron chi connectivity index (χ0n) is 14.6. The number of rotatable bonds is 6. The summed E-state index contributed by atoms with van der Waals surface area (Å²) in [6.45, 7) is 0. The molecule has 3 aromatic rings. The van der Waals surface area contributed by atoms with Crippen LogP contribution in [0.3, 0.4) is 0 Å². The second-order valence-corrected chi connectivity index (χ2v) is 6.94. The van der Waals surface area contributed by atoms with Crippen LogP contribution in [0.4, 0.5) is 20.4 Å². The summed E-state index contributed by atoms with van der Waals surface area (Å²) in [7, 11) is 1.38. The average Bonchev–Trinajstić information content (AvgIpc) is 2.63. The zero-order chi connectivity index (χ0) is 19.4. The van der Waals surface area contributed by atoms with Gasteiger partial charge in [-0.25, -0.2) is 18.7 Å². The van der Waals surface area contributed by atoms with Crippen LogP contribution < -0.4 is 10.1 Å². The number of hydrogen-bond donors (Lipinski definition) is 1. The summed E-state index contributed by atoms with van der Waals surface area (Å²) < 4.78 is 32.9. The third kappa shape index (κ3) is 4.67. The van der Waals surface area contributed by atoms with E-state index in [4.69, 9.17) is 16.3 Å². The summed E-state index contributed by atoms with van der Waals surface area (Å²) in [5.41, 5.74) is 2.07. The van der Waals surface area contributed by atoms with E-state index < -0.39 is 11.6 Å². The molecule has 0 bridgehead atoms. The Balaban J connectivity index is 1.97. The van der Waals surface area contributed by atoms with Crippen molar-refractivity contribution in [2.75, 3.05) is 18.7 Å². The van der Waals surface area contributed by atoms with E-state index in [0.717, 1.165) is 17.5 Å². The first-order valence-corrected chi connectivity index (χ1v) is 9.69. The van der Waals surface area contributed by atoms with Crippen LogP contribution in [-0.2, 0) is 5.75 Å². The van der Waals surface area contributed by atoms with Crippen LogP contribution in [0.5, 0.6) is 5.75 Å². The molecule has 3 rings (SSSR count). The molecule has 4 nitrogen and oxygen atoms in total. The Morgan fingerprint density at radius 2 is 2.00 bits per heavy atom. The van der Waals surface area contributed by atoms with Crippen LogP contribution in [0.2, 0.25) is 5.02 Å². The van der Waals surface area contributed by atoms with Crippen molar-refractivity contribution >= 4 is 35.0 Å². The van der Waals surface area contributed by atoms with Crippen LogP contribution in [-0.4, -0.2) is 23.3 Å². The normalized spacial score (nSPS) is 10.7. The summed E-state index contributed by atoms with van der Waals surface area (Å²) in [5.74, 6) is 0.0550. The molecule has 1 N–H and O–H groups in total. The maximum Gasteiger partial charge on any atom is 0.227 e. The first-order valence-electron chi connectivity index (χ1n) is 7.92.